The molecule has 108 valence electrons. The molecular formula is C16H20O4. The van der Waals surface area contributed by atoms with E-state index in [1.165, 1.54) is 7.11 Å². The van der Waals surface area contributed by atoms with E-state index in [0.29, 0.717) is 12.0 Å². The van der Waals surface area contributed by atoms with Crippen LogP contribution >= 0.6 is 0 Å². The Morgan fingerprint density at radius 2 is 2.20 bits per heavy atom. The first-order chi connectivity index (χ1) is 9.29. The van der Waals surface area contributed by atoms with E-state index >= 15 is 0 Å². The Morgan fingerprint density at radius 3 is 2.85 bits per heavy atom. The predicted octanol–water partition coefficient (Wildman–Crippen LogP) is 1.76. The molecule has 0 spiro atoms. The van der Waals surface area contributed by atoms with Gasteiger partial charge in [0.15, 0.2) is 5.78 Å². The number of methoxy groups -OCH3 is 1. The Kier molecular flexibility index (Phi) is 2.68. The zero-order chi connectivity index (χ0) is 14.8. The molecule has 20 heavy (non-hydrogen) atoms. The van der Waals surface area contributed by atoms with Gasteiger partial charge < -0.3 is 14.6 Å². The van der Waals surface area contributed by atoms with Crippen LogP contribution < -0.4 is 0 Å². The summed E-state index contributed by atoms with van der Waals surface area (Å²) in [6, 6.07) is 0. The second kappa shape index (κ2) is 3.91. The second-order valence-electron chi connectivity index (χ2n) is 6.28. The van der Waals surface area contributed by atoms with Crippen LogP contribution in [0.4, 0.5) is 0 Å². The number of ether oxygens (including phenoxy) is 2. The van der Waals surface area contributed by atoms with Crippen LogP contribution in [0, 0.1) is 11.3 Å². The molecule has 0 amide bonds. The Balaban J connectivity index is 2.21. The quantitative estimate of drug-likeness (QED) is 0.741. The van der Waals surface area contributed by atoms with Crippen molar-refractivity contribution in [1.82, 2.24) is 0 Å². The van der Waals surface area contributed by atoms with Crippen LogP contribution in [-0.2, 0) is 14.3 Å². The largest absolute Gasteiger partial charge is 0.379 e. The molecule has 1 saturated heterocycles. The first kappa shape index (κ1) is 13.7. The van der Waals surface area contributed by atoms with E-state index in [2.05, 4.69) is 6.58 Å². The highest BCUT2D eigenvalue weighted by Crippen LogP contribution is 2.57. The number of aliphatic hydroxyl groups is 1. The van der Waals surface area contributed by atoms with Gasteiger partial charge in [-0.3, -0.25) is 4.79 Å². The third-order valence-corrected chi connectivity index (χ3v) is 5.36. The lowest BCUT2D eigenvalue weighted by molar-refractivity contribution is -0.247. The van der Waals surface area contributed by atoms with Gasteiger partial charge in [-0.25, -0.2) is 0 Å². The van der Waals surface area contributed by atoms with Crippen LogP contribution in [0.5, 0.6) is 0 Å². The Hall–Kier alpha value is -1.23. The molecule has 1 N–H and O–H groups in total. The summed E-state index contributed by atoms with van der Waals surface area (Å²) in [5.41, 5.74) is -0.144. The van der Waals surface area contributed by atoms with E-state index in [4.69, 9.17) is 9.47 Å². The fourth-order valence-corrected chi connectivity index (χ4v) is 3.65. The number of hydrogen-bond acceptors (Lipinski definition) is 4. The van der Waals surface area contributed by atoms with E-state index in [0.717, 1.165) is 5.57 Å². The highest BCUT2D eigenvalue weighted by atomic mass is 16.7. The zero-order valence-corrected chi connectivity index (χ0v) is 12.1. The lowest BCUT2D eigenvalue weighted by Gasteiger charge is -2.51. The molecule has 3 aliphatic rings. The van der Waals surface area contributed by atoms with Crippen LogP contribution in [0.2, 0.25) is 0 Å². The summed E-state index contributed by atoms with van der Waals surface area (Å²) in [5, 5.41) is 11.1. The minimum absolute atomic E-state index is 0.0858. The van der Waals surface area contributed by atoms with Crippen LogP contribution in [-0.4, -0.2) is 36.0 Å². The van der Waals surface area contributed by atoms with Crippen molar-refractivity contribution in [3.05, 3.63) is 36.0 Å². The first-order valence-corrected chi connectivity index (χ1v) is 6.84. The molecule has 0 bridgehead atoms. The maximum absolute atomic E-state index is 12.0. The molecule has 1 heterocycles. The standard InChI is InChI=1S/C16H20O4/c1-10-8-20-16(19-4)7-12-5-6-13(17)11(2)14(12,3)9-15(10,16)18/h5-7,11,18H,1,8-9H2,2-4H3/t11-,14+,15+,16-/m1/s1. The number of carbonyl (C=O) groups excluding carboxylic acids is 1. The molecule has 4 atom stereocenters. The van der Waals surface area contributed by atoms with Crippen molar-refractivity contribution in [3.63, 3.8) is 0 Å². The maximum atomic E-state index is 12.0. The minimum Gasteiger partial charge on any atom is -0.379 e. The average molecular weight is 276 g/mol. The van der Waals surface area contributed by atoms with Gasteiger partial charge in [-0.1, -0.05) is 26.5 Å². The summed E-state index contributed by atoms with van der Waals surface area (Å²) in [7, 11) is 1.52. The van der Waals surface area contributed by atoms with Crippen molar-refractivity contribution in [2.45, 2.75) is 31.7 Å². The van der Waals surface area contributed by atoms with Crippen LogP contribution in [0.3, 0.4) is 0 Å². The Labute approximate surface area is 118 Å². The highest BCUT2D eigenvalue weighted by molar-refractivity contribution is 5.94. The van der Waals surface area contributed by atoms with E-state index < -0.39 is 16.8 Å². The second-order valence-corrected chi connectivity index (χ2v) is 6.28. The summed E-state index contributed by atoms with van der Waals surface area (Å²) in [5.74, 6) is -1.29. The molecule has 0 unspecified atom stereocenters. The van der Waals surface area contributed by atoms with Crippen molar-refractivity contribution < 1.29 is 19.4 Å². The molecule has 0 aromatic carbocycles. The van der Waals surface area contributed by atoms with Crippen LogP contribution in [0.1, 0.15) is 20.3 Å². The smallest absolute Gasteiger partial charge is 0.222 e. The topological polar surface area (TPSA) is 55.8 Å². The number of ketones is 1. The van der Waals surface area contributed by atoms with Gasteiger partial charge in [-0.05, 0) is 29.7 Å². The lowest BCUT2D eigenvalue weighted by Crippen LogP contribution is -2.59. The Morgan fingerprint density at radius 1 is 1.50 bits per heavy atom. The first-order valence-electron chi connectivity index (χ1n) is 6.84. The van der Waals surface area contributed by atoms with Gasteiger partial charge in [-0.15, -0.1) is 0 Å². The number of rotatable bonds is 1. The molecule has 4 nitrogen and oxygen atoms in total. The third-order valence-electron chi connectivity index (χ3n) is 5.36. The molecule has 1 fully saturated rings. The summed E-state index contributed by atoms with van der Waals surface area (Å²) in [4.78, 5) is 12.0. The maximum Gasteiger partial charge on any atom is 0.222 e. The minimum atomic E-state index is -1.29. The normalized spacial score (nSPS) is 47.0. The lowest BCUT2D eigenvalue weighted by atomic mass is 9.57. The molecule has 2 aliphatic carbocycles. The van der Waals surface area contributed by atoms with Crippen molar-refractivity contribution in [2.24, 2.45) is 11.3 Å². The summed E-state index contributed by atoms with van der Waals surface area (Å²) < 4.78 is 11.2. The van der Waals surface area contributed by atoms with Crippen molar-refractivity contribution in [3.8, 4) is 0 Å². The molecule has 1 aliphatic heterocycles. The summed E-state index contributed by atoms with van der Waals surface area (Å²) in [6.07, 6.45) is 5.59. The molecule has 0 radical (unpaired) electrons. The van der Waals surface area contributed by atoms with Crippen molar-refractivity contribution >= 4 is 5.78 Å². The molecule has 0 aromatic heterocycles. The number of allylic oxidation sites excluding steroid dienone is 3. The zero-order valence-electron chi connectivity index (χ0n) is 12.1. The van der Waals surface area contributed by atoms with E-state index in [9.17, 15) is 9.90 Å². The van der Waals surface area contributed by atoms with Gasteiger partial charge in [0.25, 0.3) is 0 Å². The van der Waals surface area contributed by atoms with Gasteiger partial charge in [0.2, 0.25) is 5.79 Å². The number of fused-ring (bicyclic) bond motifs is 2. The van der Waals surface area contributed by atoms with E-state index in [1.54, 1.807) is 6.08 Å². The monoisotopic (exact) mass is 276 g/mol. The third kappa shape index (κ3) is 1.39. The van der Waals surface area contributed by atoms with Gasteiger partial charge >= 0.3 is 0 Å². The molecule has 0 aromatic rings. The predicted molar refractivity (Wildman–Crippen MR) is 73.9 cm³/mol. The van der Waals surface area contributed by atoms with Gasteiger partial charge in [0.05, 0.1) is 6.61 Å². The summed E-state index contributed by atoms with van der Waals surface area (Å²) >= 11 is 0. The van der Waals surface area contributed by atoms with Gasteiger partial charge in [-0.2, -0.15) is 0 Å². The molecule has 0 saturated carbocycles. The molecule has 3 rings (SSSR count). The van der Waals surface area contributed by atoms with Crippen molar-refractivity contribution in [1.29, 1.82) is 0 Å². The average Bonchev–Trinajstić information content (AvgIpc) is 2.66. The fourth-order valence-electron chi connectivity index (χ4n) is 3.65. The van der Waals surface area contributed by atoms with Crippen molar-refractivity contribution in [2.75, 3.05) is 13.7 Å². The molecule has 4 heteroatoms. The number of hydrogen-bond donors (Lipinski definition) is 1. The molecular weight excluding hydrogens is 256 g/mol. The van der Waals surface area contributed by atoms with Crippen LogP contribution in [0.15, 0.2) is 36.0 Å². The van der Waals surface area contributed by atoms with Gasteiger partial charge in [0, 0.05) is 18.4 Å². The SMILES string of the molecule is C=C1CO[C@]2(OC)C=C3C=CC(=O)[C@@H](C)[C@]3(C)C[C@]12O. The number of carbonyl (C=O) groups is 1. The van der Waals surface area contributed by atoms with E-state index in [1.807, 2.05) is 26.0 Å². The summed E-state index contributed by atoms with van der Waals surface area (Å²) in [6.45, 7) is 8.10. The van der Waals surface area contributed by atoms with Gasteiger partial charge in [0.1, 0.15) is 5.60 Å². The highest BCUT2D eigenvalue weighted by Gasteiger charge is 2.64. The Bertz CT molecular complexity index is 561. The van der Waals surface area contributed by atoms with Crippen LogP contribution in [0.25, 0.3) is 0 Å². The fraction of sp³-hybridized carbons (Fsp3) is 0.562. The van der Waals surface area contributed by atoms with E-state index in [-0.39, 0.29) is 18.3 Å².